The van der Waals surface area contributed by atoms with Crippen molar-refractivity contribution >= 4 is 24.2 Å². The van der Waals surface area contributed by atoms with Crippen LogP contribution in [-0.2, 0) is 4.79 Å². The minimum Gasteiger partial charge on any atom is -0.349 e. The maximum absolute atomic E-state index is 13.4. The van der Waals surface area contributed by atoms with Gasteiger partial charge in [0.05, 0.1) is 5.41 Å². The number of nitrogens with zero attached hydrogens (tertiary/aromatic N) is 1. The molecule has 2 heterocycles. The normalized spacial score (nSPS) is 27.6. The summed E-state index contributed by atoms with van der Waals surface area (Å²) in [6.07, 6.45) is 6.34. The van der Waals surface area contributed by atoms with E-state index in [0.717, 1.165) is 56.6 Å². The standard InChI is InChI=1S/C22H31N3O2.ClH/c1-16-6-2-3-8-19(16)20(26)24-18-9-12-25(13-10-18)21(27)22-11-5-4-7-17(22)14-23-15-22;/h2-3,6,8,17-18,23H,4-5,7,9-15H2,1H3,(H,24,26);1H/t17-,22+;/m0./s1. The molecular weight excluding hydrogens is 374 g/mol. The molecule has 2 atom stereocenters. The number of piperidine rings is 1. The van der Waals surface area contributed by atoms with Crippen LogP contribution < -0.4 is 10.6 Å². The molecule has 1 saturated carbocycles. The number of likely N-dealkylation sites (tertiary alicyclic amines) is 1. The number of rotatable bonds is 3. The minimum absolute atomic E-state index is 0. The van der Waals surface area contributed by atoms with Crippen LogP contribution in [-0.4, -0.2) is 48.9 Å². The van der Waals surface area contributed by atoms with Crippen LogP contribution >= 0.6 is 12.4 Å². The summed E-state index contributed by atoms with van der Waals surface area (Å²) in [4.78, 5) is 28.0. The lowest BCUT2D eigenvalue weighted by molar-refractivity contribution is -0.146. The Morgan fingerprint density at radius 3 is 2.64 bits per heavy atom. The molecule has 3 fully saturated rings. The molecule has 6 heteroatoms. The van der Waals surface area contributed by atoms with Gasteiger partial charge in [-0.25, -0.2) is 0 Å². The number of hydrogen-bond acceptors (Lipinski definition) is 3. The Hall–Kier alpha value is -1.59. The fraction of sp³-hybridized carbons (Fsp3) is 0.636. The Morgan fingerprint density at radius 2 is 1.89 bits per heavy atom. The third-order valence-electron chi connectivity index (χ3n) is 6.97. The molecule has 1 aromatic rings. The molecular formula is C22H32ClN3O2. The topological polar surface area (TPSA) is 61.4 Å². The number of halogens is 1. The monoisotopic (exact) mass is 405 g/mol. The maximum Gasteiger partial charge on any atom is 0.251 e. The van der Waals surface area contributed by atoms with E-state index in [1.165, 1.54) is 19.3 Å². The fourth-order valence-electron chi connectivity index (χ4n) is 5.30. The van der Waals surface area contributed by atoms with Gasteiger partial charge < -0.3 is 15.5 Å². The first kappa shape index (κ1) is 21.1. The number of fused-ring (bicyclic) bond motifs is 1. The van der Waals surface area contributed by atoms with Gasteiger partial charge in [-0.2, -0.15) is 0 Å². The number of carbonyl (C=O) groups excluding carboxylic acids is 2. The lowest BCUT2D eigenvalue weighted by Gasteiger charge is -2.43. The molecule has 0 unspecified atom stereocenters. The number of amides is 2. The molecule has 0 radical (unpaired) electrons. The highest BCUT2D eigenvalue weighted by molar-refractivity contribution is 5.95. The van der Waals surface area contributed by atoms with E-state index < -0.39 is 0 Å². The summed E-state index contributed by atoms with van der Waals surface area (Å²) in [6.45, 7) is 5.32. The highest BCUT2D eigenvalue weighted by Crippen LogP contribution is 2.45. The molecule has 2 N–H and O–H groups in total. The van der Waals surface area contributed by atoms with E-state index in [0.29, 0.717) is 11.8 Å². The van der Waals surface area contributed by atoms with Gasteiger partial charge in [0.2, 0.25) is 5.91 Å². The Bertz CT molecular complexity index is 717. The molecule has 0 bridgehead atoms. The van der Waals surface area contributed by atoms with E-state index in [1.807, 2.05) is 31.2 Å². The predicted octanol–water partition coefficient (Wildman–Crippen LogP) is 2.92. The SMILES string of the molecule is Cc1ccccc1C(=O)NC1CCN(C(=O)[C@@]23CCCC[C@H]2CNC3)CC1.Cl. The second-order valence-electron chi connectivity index (χ2n) is 8.58. The van der Waals surface area contributed by atoms with Gasteiger partial charge in [-0.1, -0.05) is 31.0 Å². The van der Waals surface area contributed by atoms with Gasteiger partial charge in [0.25, 0.3) is 5.91 Å². The van der Waals surface area contributed by atoms with Crippen molar-refractivity contribution in [2.75, 3.05) is 26.2 Å². The third kappa shape index (κ3) is 3.92. The van der Waals surface area contributed by atoms with Crippen LogP contribution in [0.5, 0.6) is 0 Å². The zero-order chi connectivity index (χ0) is 18.9. The lowest BCUT2D eigenvalue weighted by atomic mass is 9.67. The number of hydrogen-bond donors (Lipinski definition) is 2. The molecule has 2 saturated heterocycles. The van der Waals surface area contributed by atoms with Crippen molar-refractivity contribution in [3.05, 3.63) is 35.4 Å². The third-order valence-corrected chi connectivity index (χ3v) is 6.97. The minimum atomic E-state index is -0.157. The van der Waals surface area contributed by atoms with Gasteiger partial charge in [0, 0.05) is 31.2 Å². The maximum atomic E-state index is 13.4. The van der Waals surface area contributed by atoms with Crippen LogP contribution in [0, 0.1) is 18.3 Å². The Morgan fingerprint density at radius 1 is 1.14 bits per heavy atom. The quantitative estimate of drug-likeness (QED) is 0.812. The average molecular weight is 406 g/mol. The van der Waals surface area contributed by atoms with Gasteiger partial charge in [-0.15, -0.1) is 12.4 Å². The van der Waals surface area contributed by atoms with Gasteiger partial charge in [0.15, 0.2) is 0 Å². The molecule has 5 nitrogen and oxygen atoms in total. The molecule has 1 aromatic carbocycles. The van der Waals surface area contributed by atoms with Gasteiger partial charge in [-0.05, 0) is 56.7 Å². The van der Waals surface area contributed by atoms with E-state index in [9.17, 15) is 9.59 Å². The first-order chi connectivity index (χ1) is 13.1. The second-order valence-corrected chi connectivity index (χ2v) is 8.58. The van der Waals surface area contributed by atoms with Crippen LogP contribution in [0.4, 0.5) is 0 Å². The molecule has 28 heavy (non-hydrogen) atoms. The Balaban J connectivity index is 0.00000225. The summed E-state index contributed by atoms with van der Waals surface area (Å²) in [5.41, 5.74) is 1.59. The van der Waals surface area contributed by atoms with Crippen LogP contribution in [0.25, 0.3) is 0 Å². The lowest BCUT2D eigenvalue weighted by Crippen LogP contribution is -2.54. The number of aryl methyl sites for hydroxylation is 1. The molecule has 154 valence electrons. The zero-order valence-corrected chi connectivity index (χ0v) is 17.5. The van der Waals surface area contributed by atoms with Crippen molar-refractivity contribution in [2.24, 2.45) is 11.3 Å². The summed E-state index contributed by atoms with van der Waals surface area (Å²) in [5, 5.41) is 6.65. The van der Waals surface area contributed by atoms with Crippen LogP contribution in [0.2, 0.25) is 0 Å². The summed E-state index contributed by atoms with van der Waals surface area (Å²) in [7, 11) is 0. The van der Waals surface area contributed by atoms with Crippen molar-refractivity contribution in [3.63, 3.8) is 0 Å². The van der Waals surface area contributed by atoms with Crippen LogP contribution in [0.15, 0.2) is 24.3 Å². The average Bonchev–Trinajstić information content (AvgIpc) is 3.13. The number of nitrogens with one attached hydrogen (secondary N) is 2. The highest BCUT2D eigenvalue weighted by atomic mass is 35.5. The second kappa shape index (κ2) is 8.83. The van der Waals surface area contributed by atoms with Gasteiger partial charge in [0.1, 0.15) is 0 Å². The summed E-state index contributed by atoms with van der Waals surface area (Å²) in [5.74, 6) is 0.877. The van der Waals surface area contributed by atoms with Crippen molar-refractivity contribution in [2.45, 2.75) is 51.5 Å². The summed E-state index contributed by atoms with van der Waals surface area (Å²) in [6, 6.07) is 7.84. The van der Waals surface area contributed by atoms with Gasteiger partial charge >= 0.3 is 0 Å². The summed E-state index contributed by atoms with van der Waals surface area (Å²) >= 11 is 0. The molecule has 3 aliphatic rings. The fourth-order valence-corrected chi connectivity index (χ4v) is 5.30. The van der Waals surface area contributed by atoms with E-state index in [1.54, 1.807) is 0 Å². The Kier molecular flexibility index (Phi) is 6.66. The smallest absolute Gasteiger partial charge is 0.251 e. The molecule has 1 aliphatic carbocycles. The van der Waals surface area contributed by atoms with E-state index in [2.05, 4.69) is 15.5 Å². The van der Waals surface area contributed by atoms with E-state index >= 15 is 0 Å². The van der Waals surface area contributed by atoms with Crippen molar-refractivity contribution < 1.29 is 9.59 Å². The molecule has 2 amide bonds. The van der Waals surface area contributed by atoms with Crippen molar-refractivity contribution in [1.29, 1.82) is 0 Å². The molecule has 0 aromatic heterocycles. The number of carbonyl (C=O) groups is 2. The van der Waals surface area contributed by atoms with Crippen LogP contribution in [0.3, 0.4) is 0 Å². The molecule has 0 spiro atoms. The van der Waals surface area contributed by atoms with Gasteiger partial charge in [-0.3, -0.25) is 9.59 Å². The largest absolute Gasteiger partial charge is 0.349 e. The van der Waals surface area contributed by atoms with Crippen molar-refractivity contribution in [3.8, 4) is 0 Å². The van der Waals surface area contributed by atoms with E-state index in [-0.39, 0.29) is 29.8 Å². The van der Waals surface area contributed by atoms with Crippen LogP contribution in [0.1, 0.15) is 54.4 Å². The summed E-state index contributed by atoms with van der Waals surface area (Å²) < 4.78 is 0. The van der Waals surface area contributed by atoms with E-state index in [4.69, 9.17) is 0 Å². The molecule has 2 aliphatic heterocycles. The predicted molar refractivity (Wildman–Crippen MR) is 113 cm³/mol. The highest BCUT2D eigenvalue weighted by Gasteiger charge is 2.51. The Labute approximate surface area is 174 Å². The molecule has 4 rings (SSSR count). The zero-order valence-electron chi connectivity index (χ0n) is 16.7. The van der Waals surface area contributed by atoms with Crippen molar-refractivity contribution in [1.82, 2.24) is 15.5 Å². The number of benzene rings is 1. The first-order valence-corrected chi connectivity index (χ1v) is 10.5. The first-order valence-electron chi connectivity index (χ1n) is 10.5.